The molecule has 1 aromatic rings. The summed E-state index contributed by atoms with van der Waals surface area (Å²) in [4.78, 5) is 0. The number of hydrogen-bond acceptors (Lipinski definition) is 3. The Morgan fingerprint density at radius 3 is 2.61 bits per heavy atom. The maximum absolute atomic E-state index is 6.11. The quantitative estimate of drug-likeness (QED) is 0.861. The largest absolute Gasteiger partial charge is 0.394 e. The first-order valence-electron chi connectivity index (χ1n) is 7.18. The van der Waals surface area contributed by atoms with Gasteiger partial charge in [-0.15, -0.1) is 0 Å². The molecule has 0 aliphatic heterocycles. The molecule has 3 N–H and O–H groups in total. The number of rotatable bonds is 4. The van der Waals surface area contributed by atoms with Crippen LogP contribution in [0.1, 0.15) is 57.7 Å². The van der Waals surface area contributed by atoms with E-state index >= 15 is 0 Å². The normalized spacial score (nSPS) is 17.3. The summed E-state index contributed by atoms with van der Waals surface area (Å²) < 4.78 is 2.01. The van der Waals surface area contributed by atoms with Gasteiger partial charge in [0.2, 0.25) is 0 Å². The van der Waals surface area contributed by atoms with Crippen molar-refractivity contribution in [3.63, 3.8) is 0 Å². The third kappa shape index (κ3) is 2.79. The van der Waals surface area contributed by atoms with Crippen molar-refractivity contribution in [1.82, 2.24) is 9.78 Å². The molecule has 0 spiro atoms. The summed E-state index contributed by atoms with van der Waals surface area (Å²) >= 11 is 0. The molecule has 0 radical (unpaired) electrons. The molecular formula is C14H26N4. The van der Waals surface area contributed by atoms with Gasteiger partial charge in [-0.2, -0.15) is 5.10 Å². The first kappa shape index (κ1) is 13.2. The SMILES string of the molecule is Cc1nn(C(C)C)c(NCC2CCCCC2)c1N. The number of nitrogens with one attached hydrogen (secondary N) is 1. The number of hydrogen-bond donors (Lipinski definition) is 2. The van der Waals surface area contributed by atoms with Crippen molar-refractivity contribution in [3.8, 4) is 0 Å². The minimum Gasteiger partial charge on any atom is -0.394 e. The molecule has 4 heteroatoms. The van der Waals surface area contributed by atoms with E-state index in [9.17, 15) is 0 Å². The van der Waals surface area contributed by atoms with Crippen molar-refractivity contribution in [2.24, 2.45) is 5.92 Å². The highest BCUT2D eigenvalue weighted by Crippen LogP contribution is 2.28. The first-order chi connectivity index (χ1) is 8.59. The lowest BCUT2D eigenvalue weighted by atomic mass is 9.89. The topological polar surface area (TPSA) is 55.9 Å². The highest BCUT2D eigenvalue weighted by molar-refractivity contribution is 5.64. The molecule has 1 heterocycles. The predicted octanol–water partition coefficient (Wildman–Crippen LogP) is 3.35. The Morgan fingerprint density at radius 2 is 2.00 bits per heavy atom. The molecule has 18 heavy (non-hydrogen) atoms. The van der Waals surface area contributed by atoms with Crippen molar-refractivity contribution in [1.29, 1.82) is 0 Å². The second kappa shape index (κ2) is 5.63. The molecule has 0 atom stereocenters. The molecular weight excluding hydrogens is 224 g/mol. The molecule has 0 aromatic carbocycles. The Bertz CT molecular complexity index is 389. The van der Waals surface area contributed by atoms with E-state index in [2.05, 4.69) is 24.3 Å². The van der Waals surface area contributed by atoms with Gasteiger partial charge in [0.05, 0.1) is 11.4 Å². The zero-order valence-electron chi connectivity index (χ0n) is 11.9. The van der Waals surface area contributed by atoms with Crippen molar-refractivity contribution in [2.75, 3.05) is 17.6 Å². The maximum Gasteiger partial charge on any atom is 0.148 e. The van der Waals surface area contributed by atoms with E-state index < -0.39 is 0 Å². The number of nitrogens with zero attached hydrogens (tertiary/aromatic N) is 2. The van der Waals surface area contributed by atoms with Crippen molar-refractivity contribution in [3.05, 3.63) is 5.69 Å². The van der Waals surface area contributed by atoms with Crippen molar-refractivity contribution in [2.45, 2.75) is 58.9 Å². The van der Waals surface area contributed by atoms with E-state index in [4.69, 9.17) is 5.73 Å². The van der Waals surface area contributed by atoms with E-state index in [1.165, 1.54) is 32.1 Å². The summed E-state index contributed by atoms with van der Waals surface area (Å²) in [5.74, 6) is 1.81. The second-order valence-corrected chi connectivity index (χ2v) is 5.77. The number of anilines is 2. The van der Waals surface area contributed by atoms with E-state index in [1.54, 1.807) is 0 Å². The number of aromatic nitrogens is 2. The fraction of sp³-hybridized carbons (Fsp3) is 0.786. The van der Waals surface area contributed by atoms with E-state index in [1.807, 2.05) is 11.6 Å². The molecule has 1 aliphatic carbocycles. The lowest BCUT2D eigenvalue weighted by Gasteiger charge is -2.23. The van der Waals surface area contributed by atoms with Crippen LogP contribution in [0.2, 0.25) is 0 Å². The number of aryl methyl sites for hydroxylation is 1. The lowest BCUT2D eigenvalue weighted by Crippen LogP contribution is -2.20. The summed E-state index contributed by atoms with van der Waals surface area (Å²) in [6.07, 6.45) is 6.86. The molecule has 1 fully saturated rings. The van der Waals surface area contributed by atoms with Gasteiger partial charge in [0.15, 0.2) is 0 Å². The lowest BCUT2D eigenvalue weighted by molar-refractivity contribution is 0.372. The number of nitrogen functional groups attached to an aromatic ring is 1. The average Bonchev–Trinajstić information content (AvgIpc) is 2.65. The van der Waals surface area contributed by atoms with Crippen LogP contribution in [0.25, 0.3) is 0 Å². The first-order valence-corrected chi connectivity index (χ1v) is 7.18. The van der Waals surface area contributed by atoms with Crippen molar-refractivity contribution < 1.29 is 0 Å². The van der Waals surface area contributed by atoms with Gasteiger partial charge in [-0.1, -0.05) is 19.3 Å². The van der Waals surface area contributed by atoms with Gasteiger partial charge in [0.25, 0.3) is 0 Å². The Labute approximate surface area is 110 Å². The van der Waals surface area contributed by atoms with Gasteiger partial charge in [0.1, 0.15) is 5.82 Å². The molecule has 4 nitrogen and oxygen atoms in total. The molecule has 102 valence electrons. The van der Waals surface area contributed by atoms with Crippen LogP contribution in [0.4, 0.5) is 11.5 Å². The zero-order chi connectivity index (χ0) is 13.1. The summed E-state index contributed by atoms with van der Waals surface area (Å²) in [5, 5.41) is 8.03. The van der Waals surface area contributed by atoms with Crippen LogP contribution >= 0.6 is 0 Å². The predicted molar refractivity (Wildman–Crippen MR) is 76.8 cm³/mol. The maximum atomic E-state index is 6.11. The van der Waals surface area contributed by atoms with E-state index in [0.29, 0.717) is 6.04 Å². The smallest absolute Gasteiger partial charge is 0.148 e. The Hall–Kier alpha value is -1.19. The zero-order valence-corrected chi connectivity index (χ0v) is 11.9. The average molecular weight is 250 g/mol. The van der Waals surface area contributed by atoms with Gasteiger partial charge < -0.3 is 11.1 Å². The van der Waals surface area contributed by atoms with Gasteiger partial charge in [-0.25, -0.2) is 4.68 Å². The molecule has 0 bridgehead atoms. The minimum atomic E-state index is 0.342. The van der Waals surface area contributed by atoms with Gasteiger partial charge in [-0.3, -0.25) is 0 Å². The Balaban J connectivity index is 2.03. The van der Waals surface area contributed by atoms with Crippen LogP contribution in [0, 0.1) is 12.8 Å². The highest BCUT2D eigenvalue weighted by Gasteiger charge is 2.17. The molecule has 0 unspecified atom stereocenters. The fourth-order valence-corrected chi connectivity index (χ4v) is 2.74. The fourth-order valence-electron chi connectivity index (χ4n) is 2.74. The van der Waals surface area contributed by atoms with Crippen LogP contribution in [0.3, 0.4) is 0 Å². The summed E-state index contributed by atoms with van der Waals surface area (Å²) in [5.41, 5.74) is 7.84. The van der Waals surface area contributed by atoms with E-state index in [0.717, 1.165) is 29.7 Å². The van der Waals surface area contributed by atoms with E-state index in [-0.39, 0.29) is 0 Å². The van der Waals surface area contributed by atoms with Crippen molar-refractivity contribution >= 4 is 11.5 Å². The van der Waals surface area contributed by atoms with Crippen LogP contribution in [0.15, 0.2) is 0 Å². The molecule has 1 aliphatic rings. The Kier molecular flexibility index (Phi) is 4.15. The van der Waals surface area contributed by atoms with Gasteiger partial charge >= 0.3 is 0 Å². The Morgan fingerprint density at radius 1 is 1.33 bits per heavy atom. The second-order valence-electron chi connectivity index (χ2n) is 5.77. The third-order valence-corrected chi connectivity index (χ3v) is 3.90. The van der Waals surface area contributed by atoms with Crippen LogP contribution < -0.4 is 11.1 Å². The molecule has 0 saturated heterocycles. The molecule has 2 rings (SSSR count). The van der Waals surface area contributed by atoms with Crippen LogP contribution in [-0.4, -0.2) is 16.3 Å². The minimum absolute atomic E-state index is 0.342. The number of nitrogens with two attached hydrogens (primary N) is 1. The molecule has 0 amide bonds. The molecule has 1 saturated carbocycles. The van der Waals surface area contributed by atoms with Gasteiger partial charge in [-0.05, 0) is 39.5 Å². The highest BCUT2D eigenvalue weighted by atomic mass is 15.4. The summed E-state index contributed by atoms with van der Waals surface area (Å²) in [6.45, 7) is 7.28. The van der Waals surface area contributed by atoms with Gasteiger partial charge in [0, 0.05) is 12.6 Å². The molecule has 1 aromatic heterocycles. The van der Waals surface area contributed by atoms with Crippen LogP contribution in [0.5, 0.6) is 0 Å². The summed E-state index contributed by atoms with van der Waals surface area (Å²) in [7, 11) is 0. The standard InChI is InChI=1S/C14H26N4/c1-10(2)18-14(13(15)11(3)17-18)16-9-12-7-5-4-6-8-12/h10,12,16H,4-9,15H2,1-3H3. The summed E-state index contributed by atoms with van der Waals surface area (Å²) in [6, 6.07) is 0.342. The monoisotopic (exact) mass is 250 g/mol. The van der Waals surface area contributed by atoms with Crippen LogP contribution in [-0.2, 0) is 0 Å². The third-order valence-electron chi connectivity index (χ3n) is 3.90.